The second kappa shape index (κ2) is 12.9. The summed E-state index contributed by atoms with van der Waals surface area (Å²) in [6.07, 6.45) is 10.9. The molecule has 2 atom stereocenters. The summed E-state index contributed by atoms with van der Waals surface area (Å²) in [4.78, 5) is 10.1. The number of rotatable bonds is 14. The predicted octanol–water partition coefficient (Wildman–Crippen LogP) is 2.59. The number of nitrogens with one attached hydrogen (secondary N) is 1. The topological polar surface area (TPSA) is 66.0 Å². The number of allylic oxidation sites excluding steroid dienone is 3. The Hall–Kier alpha value is -1.37. The van der Waals surface area contributed by atoms with E-state index in [1.54, 1.807) is 0 Å². The van der Waals surface area contributed by atoms with Gasteiger partial charge in [0.15, 0.2) is 0 Å². The molecular weight excluding hydrogens is 334 g/mol. The standard InChI is InChI=1S/C20H33NO5/c1-21-19-8-14-26-20-7-6-17(16-18(19)20)25-13-4-2-3-10-23-11-5-12-24-15-9-22/h6-7,9,18-19,21H,2-5,8,10-16H2,1H3. The van der Waals surface area contributed by atoms with Crippen LogP contribution in [0.3, 0.4) is 0 Å². The van der Waals surface area contributed by atoms with E-state index >= 15 is 0 Å². The number of carbonyl (C=O) groups excluding carboxylic acids is 1. The average molecular weight is 367 g/mol. The normalized spacial score (nSPS) is 22.0. The molecule has 6 heteroatoms. The second-order valence-electron chi connectivity index (χ2n) is 6.66. The molecule has 0 amide bonds. The summed E-state index contributed by atoms with van der Waals surface area (Å²) in [5.41, 5.74) is 0. The molecule has 2 rings (SSSR count). The predicted molar refractivity (Wildman–Crippen MR) is 99.8 cm³/mol. The van der Waals surface area contributed by atoms with Gasteiger partial charge in [-0.3, -0.25) is 0 Å². The smallest absolute Gasteiger partial charge is 0.145 e. The number of carbonyl (C=O) groups is 1. The van der Waals surface area contributed by atoms with Gasteiger partial charge in [-0.2, -0.15) is 0 Å². The second-order valence-corrected chi connectivity index (χ2v) is 6.66. The van der Waals surface area contributed by atoms with Crippen molar-refractivity contribution in [1.82, 2.24) is 5.32 Å². The molecule has 6 nitrogen and oxygen atoms in total. The summed E-state index contributed by atoms with van der Waals surface area (Å²) >= 11 is 0. The van der Waals surface area contributed by atoms with Crippen molar-refractivity contribution in [2.45, 2.75) is 44.6 Å². The van der Waals surface area contributed by atoms with Gasteiger partial charge in [0, 0.05) is 38.2 Å². The minimum atomic E-state index is 0.178. The van der Waals surface area contributed by atoms with E-state index in [0.29, 0.717) is 25.2 Å². The molecule has 1 aliphatic carbocycles. The minimum Gasteiger partial charge on any atom is -0.498 e. The number of fused-ring (bicyclic) bond motifs is 1. The summed E-state index contributed by atoms with van der Waals surface area (Å²) in [5, 5.41) is 3.40. The van der Waals surface area contributed by atoms with E-state index in [4.69, 9.17) is 18.9 Å². The summed E-state index contributed by atoms with van der Waals surface area (Å²) < 4.78 is 22.3. The first kappa shape index (κ1) is 20.9. The highest BCUT2D eigenvalue weighted by Gasteiger charge is 2.32. The van der Waals surface area contributed by atoms with Gasteiger partial charge in [0.05, 0.1) is 19.0 Å². The van der Waals surface area contributed by atoms with Gasteiger partial charge in [-0.25, -0.2) is 0 Å². The molecule has 2 aliphatic rings. The molecule has 2 unspecified atom stereocenters. The highest BCUT2D eigenvalue weighted by molar-refractivity contribution is 5.50. The zero-order chi connectivity index (χ0) is 18.5. The molecule has 0 saturated carbocycles. The quantitative estimate of drug-likeness (QED) is 0.376. The Bertz CT molecular complexity index is 463. The lowest BCUT2D eigenvalue weighted by atomic mass is 9.86. The molecule has 0 spiro atoms. The van der Waals surface area contributed by atoms with Crippen LogP contribution in [0.25, 0.3) is 0 Å². The average Bonchev–Trinajstić information content (AvgIpc) is 2.68. The van der Waals surface area contributed by atoms with Gasteiger partial charge in [-0.05, 0) is 51.3 Å². The van der Waals surface area contributed by atoms with Gasteiger partial charge >= 0.3 is 0 Å². The largest absolute Gasteiger partial charge is 0.498 e. The fourth-order valence-electron chi connectivity index (χ4n) is 3.32. The highest BCUT2D eigenvalue weighted by Crippen LogP contribution is 2.33. The van der Waals surface area contributed by atoms with Crippen molar-refractivity contribution in [1.29, 1.82) is 0 Å². The molecule has 0 aromatic heterocycles. The molecule has 1 aliphatic heterocycles. The number of hydrogen-bond donors (Lipinski definition) is 1. The summed E-state index contributed by atoms with van der Waals surface area (Å²) in [5.74, 6) is 2.56. The Morgan fingerprint density at radius 2 is 1.92 bits per heavy atom. The third kappa shape index (κ3) is 7.48. The van der Waals surface area contributed by atoms with Gasteiger partial charge in [0.1, 0.15) is 18.7 Å². The zero-order valence-corrected chi connectivity index (χ0v) is 15.9. The third-order valence-corrected chi connectivity index (χ3v) is 4.76. The molecule has 0 bridgehead atoms. The number of ether oxygens (including phenoxy) is 4. The first-order valence-electron chi connectivity index (χ1n) is 9.78. The minimum absolute atomic E-state index is 0.178. The molecule has 0 radical (unpaired) electrons. The molecule has 1 N–H and O–H groups in total. The van der Waals surface area contributed by atoms with E-state index in [2.05, 4.69) is 17.5 Å². The molecular formula is C20H33NO5. The van der Waals surface area contributed by atoms with Gasteiger partial charge in [-0.1, -0.05) is 0 Å². The Kier molecular flexibility index (Phi) is 10.4. The lowest BCUT2D eigenvalue weighted by molar-refractivity contribution is -0.112. The van der Waals surface area contributed by atoms with Crippen LogP contribution in [0, 0.1) is 5.92 Å². The van der Waals surface area contributed by atoms with Crippen LogP contribution in [0.4, 0.5) is 0 Å². The van der Waals surface area contributed by atoms with E-state index in [9.17, 15) is 4.79 Å². The van der Waals surface area contributed by atoms with Crippen molar-refractivity contribution in [2.24, 2.45) is 5.92 Å². The number of hydrogen-bond acceptors (Lipinski definition) is 6. The molecule has 1 heterocycles. The van der Waals surface area contributed by atoms with Crippen LogP contribution in [0.5, 0.6) is 0 Å². The fraction of sp³-hybridized carbons (Fsp3) is 0.750. The summed E-state index contributed by atoms with van der Waals surface area (Å²) in [6, 6.07) is 0.475. The van der Waals surface area contributed by atoms with E-state index in [0.717, 1.165) is 76.2 Å². The maximum absolute atomic E-state index is 10.1. The van der Waals surface area contributed by atoms with Crippen molar-refractivity contribution in [3.8, 4) is 0 Å². The van der Waals surface area contributed by atoms with E-state index in [1.807, 2.05) is 7.05 Å². The maximum Gasteiger partial charge on any atom is 0.145 e. The summed E-state index contributed by atoms with van der Waals surface area (Å²) in [7, 11) is 2.02. The Morgan fingerprint density at radius 3 is 2.77 bits per heavy atom. The number of unbranched alkanes of at least 4 members (excludes halogenated alkanes) is 2. The van der Waals surface area contributed by atoms with Crippen molar-refractivity contribution in [3.05, 3.63) is 23.7 Å². The fourth-order valence-corrected chi connectivity index (χ4v) is 3.32. The molecule has 148 valence electrons. The Morgan fingerprint density at radius 1 is 1.12 bits per heavy atom. The van der Waals surface area contributed by atoms with Gasteiger partial charge < -0.3 is 29.1 Å². The number of aldehydes is 1. The molecule has 0 aromatic carbocycles. The van der Waals surface area contributed by atoms with Crippen LogP contribution in [0.1, 0.15) is 38.5 Å². The van der Waals surface area contributed by atoms with Gasteiger partial charge in [0.25, 0.3) is 0 Å². The van der Waals surface area contributed by atoms with Crippen LogP contribution >= 0.6 is 0 Å². The van der Waals surface area contributed by atoms with Crippen molar-refractivity contribution in [2.75, 3.05) is 46.7 Å². The van der Waals surface area contributed by atoms with E-state index in [-0.39, 0.29) is 6.61 Å². The van der Waals surface area contributed by atoms with Crippen molar-refractivity contribution in [3.63, 3.8) is 0 Å². The lowest BCUT2D eigenvalue weighted by Crippen LogP contribution is -2.40. The summed E-state index contributed by atoms with van der Waals surface area (Å²) in [6.45, 7) is 3.77. The van der Waals surface area contributed by atoms with Gasteiger partial charge in [-0.15, -0.1) is 0 Å². The van der Waals surface area contributed by atoms with E-state index in [1.165, 1.54) is 0 Å². The third-order valence-electron chi connectivity index (χ3n) is 4.76. The SMILES string of the molecule is CNC1CCOC2=CC=C(OCCCCCOCCCOCC=O)CC21. The zero-order valence-electron chi connectivity index (χ0n) is 15.9. The van der Waals surface area contributed by atoms with Gasteiger partial charge in [0.2, 0.25) is 0 Å². The Labute approximate surface area is 156 Å². The van der Waals surface area contributed by atoms with Crippen LogP contribution in [0.15, 0.2) is 23.7 Å². The van der Waals surface area contributed by atoms with Crippen LogP contribution in [-0.4, -0.2) is 59.0 Å². The monoisotopic (exact) mass is 367 g/mol. The first-order chi connectivity index (χ1) is 12.8. The van der Waals surface area contributed by atoms with E-state index < -0.39 is 0 Å². The lowest BCUT2D eigenvalue weighted by Gasteiger charge is -2.35. The first-order valence-corrected chi connectivity index (χ1v) is 9.78. The highest BCUT2D eigenvalue weighted by atomic mass is 16.5. The van der Waals surface area contributed by atoms with Crippen LogP contribution in [0.2, 0.25) is 0 Å². The molecule has 1 saturated heterocycles. The molecule has 0 aromatic rings. The van der Waals surface area contributed by atoms with Crippen molar-refractivity contribution >= 4 is 6.29 Å². The maximum atomic E-state index is 10.1. The molecule has 1 fully saturated rings. The van der Waals surface area contributed by atoms with Crippen LogP contribution in [-0.2, 0) is 23.7 Å². The molecule has 26 heavy (non-hydrogen) atoms. The van der Waals surface area contributed by atoms with Crippen molar-refractivity contribution < 1.29 is 23.7 Å². The Balaban J connectivity index is 1.47. The van der Waals surface area contributed by atoms with Crippen LogP contribution < -0.4 is 5.32 Å².